The molecule has 190 valence electrons. The third-order valence-electron chi connectivity index (χ3n) is 5.15. The van der Waals surface area contributed by atoms with Crippen LogP contribution in [0.5, 0.6) is 0 Å². The lowest BCUT2D eigenvalue weighted by Crippen LogP contribution is -2.53. The second kappa shape index (κ2) is 12.9. The Labute approximate surface area is 201 Å². The fourth-order valence-corrected chi connectivity index (χ4v) is 3.33. The summed E-state index contributed by atoms with van der Waals surface area (Å²) in [5.41, 5.74) is 17.7. The van der Waals surface area contributed by atoms with Crippen LogP contribution in [0.2, 0.25) is 0 Å². The van der Waals surface area contributed by atoms with E-state index in [1.54, 1.807) is 6.20 Å². The van der Waals surface area contributed by atoms with Crippen molar-refractivity contribution in [1.29, 1.82) is 0 Å². The van der Waals surface area contributed by atoms with Crippen LogP contribution in [0.25, 0.3) is 10.9 Å². The van der Waals surface area contributed by atoms with Gasteiger partial charge in [0.25, 0.3) is 0 Å². The summed E-state index contributed by atoms with van der Waals surface area (Å²) in [5.74, 6) is -3.16. The van der Waals surface area contributed by atoms with E-state index in [2.05, 4.69) is 25.9 Å². The molecule has 0 saturated carbocycles. The van der Waals surface area contributed by atoms with Crippen LogP contribution < -0.4 is 33.2 Å². The SMILES string of the molecule is CC(N)C(=O)NC(CCCN=C(N)N)C(=O)NCC(=O)NC(Cc1c[nH]c2ccccc12)C(=O)O. The van der Waals surface area contributed by atoms with Gasteiger partial charge in [-0.15, -0.1) is 0 Å². The van der Waals surface area contributed by atoms with Gasteiger partial charge in [-0.25, -0.2) is 4.79 Å². The number of hydrogen-bond acceptors (Lipinski definition) is 6. The lowest BCUT2D eigenvalue weighted by molar-refractivity contribution is -0.141. The summed E-state index contributed by atoms with van der Waals surface area (Å²) in [6.07, 6.45) is 2.33. The van der Waals surface area contributed by atoms with Crippen LogP contribution in [0.15, 0.2) is 35.5 Å². The first-order valence-electron chi connectivity index (χ1n) is 11.0. The molecule has 35 heavy (non-hydrogen) atoms. The van der Waals surface area contributed by atoms with E-state index in [1.165, 1.54) is 6.92 Å². The maximum Gasteiger partial charge on any atom is 0.326 e. The molecule has 13 nitrogen and oxygen atoms in total. The molecule has 0 bridgehead atoms. The minimum atomic E-state index is -1.21. The molecular weight excluding hydrogens is 456 g/mol. The Morgan fingerprint density at radius 2 is 1.80 bits per heavy atom. The second-order valence-corrected chi connectivity index (χ2v) is 8.04. The maximum absolute atomic E-state index is 12.6. The maximum atomic E-state index is 12.6. The number of nitrogens with zero attached hydrogens (tertiary/aromatic N) is 1. The van der Waals surface area contributed by atoms with Crippen molar-refractivity contribution in [2.24, 2.45) is 22.2 Å². The number of aromatic amines is 1. The number of hydrogen-bond donors (Lipinski definition) is 8. The number of aromatic nitrogens is 1. The van der Waals surface area contributed by atoms with E-state index in [1.807, 2.05) is 24.3 Å². The molecule has 1 aromatic carbocycles. The van der Waals surface area contributed by atoms with Gasteiger partial charge in [0.05, 0.1) is 12.6 Å². The Morgan fingerprint density at radius 3 is 2.46 bits per heavy atom. The number of fused-ring (bicyclic) bond motifs is 1. The number of benzene rings is 1. The summed E-state index contributed by atoms with van der Waals surface area (Å²) in [6.45, 7) is 1.24. The smallest absolute Gasteiger partial charge is 0.326 e. The molecule has 1 aromatic heterocycles. The van der Waals surface area contributed by atoms with Crippen LogP contribution in [0.1, 0.15) is 25.3 Å². The number of carbonyl (C=O) groups excluding carboxylic acids is 3. The molecule has 0 radical (unpaired) electrons. The van der Waals surface area contributed by atoms with E-state index in [-0.39, 0.29) is 25.3 Å². The van der Waals surface area contributed by atoms with E-state index in [9.17, 15) is 24.3 Å². The van der Waals surface area contributed by atoms with E-state index in [4.69, 9.17) is 17.2 Å². The van der Waals surface area contributed by atoms with Gasteiger partial charge in [-0.05, 0) is 31.4 Å². The van der Waals surface area contributed by atoms with Gasteiger partial charge >= 0.3 is 5.97 Å². The van der Waals surface area contributed by atoms with Crippen LogP contribution in [-0.2, 0) is 25.6 Å². The van der Waals surface area contributed by atoms with E-state index >= 15 is 0 Å². The highest BCUT2D eigenvalue weighted by Gasteiger charge is 2.25. The van der Waals surface area contributed by atoms with Crippen LogP contribution in [0.3, 0.4) is 0 Å². The Kier molecular flexibility index (Phi) is 10.0. The monoisotopic (exact) mass is 488 g/mol. The van der Waals surface area contributed by atoms with Crippen LogP contribution in [0, 0.1) is 0 Å². The lowest BCUT2D eigenvalue weighted by Gasteiger charge is -2.20. The van der Waals surface area contributed by atoms with Crippen molar-refractivity contribution in [3.05, 3.63) is 36.0 Å². The minimum absolute atomic E-state index is 0.0525. The molecule has 0 spiro atoms. The van der Waals surface area contributed by atoms with Gasteiger partial charge in [0, 0.05) is 30.1 Å². The first-order valence-corrected chi connectivity index (χ1v) is 11.0. The molecule has 0 fully saturated rings. The number of nitrogens with two attached hydrogens (primary N) is 3. The number of nitrogens with one attached hydrogen (secondary N) is 4. The zero-order valence-electron chi connectivity index (χ0n) is 19.4. The van der Waals surface area contributed by atoms with Gasteiger partial charge in [0.1, 0.15) is 12.1 Å². The highest BCUT2D eigenvalue weighted by Crippen LogP contribution is 2.19. The zero-order chi connectivity index (χ0) is 26.0. The number of guanidine groups is 1. The van der Waals surface area contributed by atoms with Gasteiger partial charge in [-0.3, -0.25) is 19.4 Å². The summed E-state index contributed by atoms with van der Waals surface area (Å²) < 4.78 is 0. The Balaban J connectivity index is 1.95. The summed E-state index contributed by atoms with van der Waals surface area (Å²) in [5, 5.41) is 17.8. The number of aliphatic carboxylic acids is 1. The van der Waals surface area contributed by atoms with Crippen molar-refractivity contribution >= 4 is 40.6 Å². The third kappa shape index (κ3) is 8.62. The molecular formula is C22H32N8O5. The Morgan fingerprint density at radius 1 is 1.09 bits per heavy atom. The fraction of sp³-hybridized carbons (Fsp3) is 0.409. The summed E-state index contributed by atoms with van der Waals surface area (Å²) in [7, 11) is 0. The molecule has 2 rings (SSSR count). The molecule has 2 aromatic rings. The topological polar surface area (TPSA) is 231 Å². The van der Waals surface area contributed by atoms with Crippen molar-refractivity contribution in [2.45, 2.75) is 44.3 Å². The average molecular weight is 489 g/mol. The first kappa shape index (κ1) is 27.1. The lowest BCUT2D eigenvalue weighted by atomic mass is 10.0. The Bertz CT molecular complexity index is 1080. The van der Waals surface area contributed by atoms with Crippen molar-refractivity contribution in [3.63, 3.8) is 0 Å². The normalized spacial score (nSPS) is 13.3. The molecule has 3 atom stereocenters. The first-order chi connectivity index (χ1) is 16.6. The quantitative estimate of drug-likeness (QED) is 0.0915. The Hall–Kier alpha value is -4.13. The average Bonchev–Trinajstić information content (AvgIpc) is 3.21. The zero-order valence-corrected chi connectivity index (χ0v) is 19.4. The molecule has 0 aliphatic rings. The molecule has 0 saturated heterocycles. The fourth-order valence-electron chi connectivity index (χ4n) is 3.33. The van der Waals surface area contributed by atoms with Gasteiger partial charge in [-0.1, -0.05) is 18.2 Å². The molecule has 0 aliphatic carbocycles. The summed E-state index contributed by atoms with van der Waals surface area (Å²) >= 11 is 0. The number of aliphatic imine (C=N–C) groups is 1. The molecule has 3 unspecified atom stereocenters. The van der Waals surface area contributed by atoms with Crippen molar-refractivity contribution in [2.75, 3.05) is 13.1 Å². The van der Waals surface area contributed by atoms with E-state index in [0.29, 0.717) is 6.42 Å². The van der Waals surface area contributed by atoms with E-state index in [0.717, 1.165) is 16.5 Å². The highest BCUT2D eigenvalue weighted by molar-refractivity contribution is 5.92. The number of carbonyl (C=O) groups is 4. The molecule has 11 N–H and O–H groups in total. The highest BCUT2D eigenvalue weighted by atomic mass is 16.4. The third-order valence-corrected chi connectivity index (χ3v) is 5.15. The predicted octanol–water partition coefficient (Wildman–Crippen LogP) is -1.72. The van der Waals surface area contributed by atoms with Crippen LogP contribution in [-0.4, -0.2) is 71.0 Å². The predicted molar refractivity (Wildman–Crippen MR) is 130 cm³/mol. The van der Waals surface area contributed by atoms with Crippen molar-refractivity contribution in [3.8, 4) is 0 Å². The summed E-state index contributed by atoms with van der Waals surface area (Å²) in [4.78, 5) is 55.6. The van der Waals surface area contributed by atoms with E-state index < -0.39 is 48.4 Å². The van der Waals surface area contributed by atoms with Gasteiger partial charge < -0.3 is 43.2 Å². The van der Waals surface area contributed by atoms with Gasteiger partial charge in [0.15, 0.2) is 5.96 Å². The van der Waals surface area contributed by atoms with Crippen LogP contribution >= 0.6 is 0 Å². The largest absolute Gasteiger partial charge is 0.480 e. The number of para-hydroxylation sites is 1. The molecule has 0 aliphatic heterocycles. The van der Waals surface area contributed by atoms with Crippen molar-refractivity contribution in [1.82, 2.24) is 20.9 Å². The number of rotatable bonds is 13. The number of H-pyrrole nitrogens is 1. The van der Waals surface area contributed by atoms with Crippen molar-refractivity contribution < 1.29 is 24.3 Å². The summed E-state index contributed by atoms with van der Waals surface area (Å²) in [6, 6.07) is 4.39. The number of amides is 3. The molecule has 3 amide bonds. The second-order valence-electron chi connectivity index (χ2n) is 8.04. The number of carboxylic acid groups (broad SMARTS) is 1. The van der Waals surface area contributed by atoms with Gasteiger partial charge in [-0.2, -0.15) is 0 Å². The molecule has 13 heteroatoms. The van der Waals surface area contributed by atoms with Gasteiger partial charge in [0.2, 0.25) is 17.7 Å². The van der Waals surface area contributed by atoms with Crippen LogP contribution in [0.4, 0.5) is 0 Å². The number of carboxylic acids is 1. The molecule has 1 heterocycles. The minimum Gasteiger partial charge on any atom is -0.480 e. The standard InChI is InChI=1S/C22H32N8O5/c1-12(23)19(32)30-16(7-4-8-26-22(24)25)20(33)28-11-18(31)29-17(21(34)35)9-13-10-27-15-6-3-2-5-14(13)15/h2-3,5-6,10,12,16-17,27H,4,7-9,11,23H2,1H3,(H,28,33)(H,29,31)(H,30,32)(H,34,35)(H4,24,25,26).